The summed E-state index contributed by atoms with van der Waals surface area (Å²) in [7, 11) is 0. The van der Waals surface area contributed by atoms with Gasteiger partial charge >= 0.3 is 0 Å². The summed E-state index contributed by atoms with van der Waals surface area (Å²) in [6.07, 6.45) is 1.30. The standard InChI is InChI=1S/C13H20N2/c1-10-7-8-15(9-10)13-6-4-3-5-12(13)11(2)14/h3-6,10-11H,7-9,14H2,1-2H3/t10?,11-/m0/s1. The quantitative estimate of drug-likeness (QED) is 0.802. The van der Waals surface area contributed by atoms with E-state index in [9.17, 15) is 0 Å². The molecule has 0 saturated carbocycles. The van der Waals surface area contributed by atoms with Crippen molar-refractivity contribution in [2.75, 3.05) is 18.0 Å². The Labute approximate surface area is 92.1 Å². The monoisotopic (exact) mass is 204 g/mol. The van der Waals surface area contributed by atoms with E-state index in [-0.39, 0.29) is 6.04 Å². The molecule has 1 aliphatic rings. The molecule has 2 nitrogen and oxygen atoms in total. The highest BCUT2D eigenvalue weighted by molar-refractivity contribution is 5.55. The first-order valence-corrected chi connectivity index (χ1v) is 5.78. The summed E-state index contributed by atoms with van der Waals surface area (Å²) in [5.41, 5.74) is 8.59. The molecule has 0 aromatic heterocycles. The molecule has 1 aromatic carbocycles. The van der Waals surface area contributed by atoms with Crippen LogP contribution in [0.5, 0.6) is 0 Å². The van der Waals surface area contributed by atoms with E-state index in [0.29, 0.717) is 0 Å². The Morgan fingerprint density at radius 1 is 1.40 bits per heavy atom. The molecule has 1 saturated heterocycles. The van der Waals surface area contributed by atoms with Crippen LogP contribution >= 0.6 is 0 Å². The molecular weight excluding hydrogens is 184 g/mol. The minimum absolute atomic E-state index is 0.122. The molecule has 0 spiro atoms. The number of nitrogens with two attached hydrogens (primary N) is 1. The maximum absolute atomic E-state index is 5.99. The van der Waals surface area contributed by atoms with Crippen LogP contribution in [0.1, 0.15) is 31.9 Å². The summed E-state index contributed by atoms with van der Waals surface area (Å²) in [4.78, 5) is 2.46. The third-order valence-electron chi connectivity index (χ3n) is 3.19. The summed E-state index contributed by atoms with van der Waals surface area (Å²) in [5, 5.41) is 0. The van der Waals surface area contributed by atoms with Crippen molar-refractivity contribution >= 4 is 5.69 Å². The van der Waals surface area contributed by atoms with Gasteiger partial charge in [-0.2, -0.15) is 0 Å². The maximum atomic E-state index is 5.99. The molecule has 1 aliphatic heterocycles. The van der Waals surface area contributed by atoms with Gasteiger partial charge in [-0.1, -0.05) is 25.1 Å². The average Bonchev–Trinajstić information content (AvgIpc) is 2.65. The largest absolute Gasteiger partial charge is 0.371 e. The zero-order chi connectivity index (χ0) is 10.8. The van der Waals surface area contributed by atoms with E-state index in [1.165, 1.54) is 30.8 Å². The van der Waals surface area contributed by atoms with Gasteiger partial charge in [0.15, 0.2) is 0 Å². The summed E-state index contributed by atoms with van der Waals surface area (Å²) in [6, 6.07) is 8.63. The predicted octanol–water partition coefficient (Wildman–Crippen LogP) is 2.55. The van der Waals surface area contributed by atoms with E-state index in [1.807, 2.05) is 0 Å². The molecule has 2 N–H and O–H groups in total. The highest BCUT2D eigenvalue weighted by Crippen LogP contribution is 2.29. The smallest absolute Gasteiger partial charge is 0.0414 e. The number of benzene rings is 1. The van der Waals surface area contributed by atoms with Gasteiger partial charge in [0.05, 0.1) is 0 Å². The number of rotatable bonds is 2. The van der Waals surface area contributed by atoms with Crippen molar-refractivity contribution in [3.63, 3.8) is 0 Å². The molecule has 1 heterocycles. The van der Waals surface area contributed by atoms with Crippen LogP contribution in [0.15, 0.2) is 24.3 Å². The van der Waals surface area contributed by atoms with Crippen LogP contribution < -0.4 is 10.6 Å². The number of hydrogen-bond acceptors (Lipinski definition) is 2. The van der Waals surface area contributed by atoms with Gasteiger partial charge in [0.1, 0.15) is 0 Å². The van der Waals surface area contributed by atoms with E-state index in [0.717, 1.165) is 5.92 Å². The third-order valence-corrected chi connectivity index (χ3v) is 3.19. The van der Waals surface area contributed by atoms with Crippen molar-refractivity contribution in [2.24, 2.45) is 11.7 Å². The van der Waals surface area contributed by atoms with Crippen molar-refractivity contribution < 1.29 is 0 Å². The van der Waals surface area contributed by atoms with Gasteiger partial charge in [-0.3, -0.25) is 0 Å². The minimum Gasteiger partial charge on any atom is -0.371 e. The lowest BCUT2D eigenvalue weighted by molar-refractivity contribution is 0.659. The van der Waals surface area contributed by atoms with E-state index in [1.54, 1.807) is 0 Å². The van der Waals surface area contributed by atoms with Gasteiger partial charge in [0, 0.05) is 24.8 Å². The van der Waals surface area contributed by atoms with Gasteiger partial charge in [-0.05, 0) is 30.9 Å². The lowest BCUT2D eigenvalue weighted by Gasteiger charge is -2.23. The Bertz CT molecular complexity index is 333. The Hall–Kier alpha value is -1.02. The molecule has 1 unspecified atom stereocenters. The van der Waals surface area contributed by atoms with Crippen LogP contribution in [0.25, 0.3) is 0 Å². The van der Waals surface area contributed by atoms with Gasteiger partial charge in [0.2, 0.25) is 0 Å². The Morgan fingerprint density at radius 2 is 2.13 bits per heavy atom. The summed E-state index contributed by atoms with van der Waals surface area (Å²) < 4.78 is 0. The van der Waals surface area contributed by atoms with Crippen LogP contribution in [0.2, 0.25) is 0 Å². The predicted molar refractivity (Wildman–Crippen MR) is 65.0 cm³/mol. The highest BCUT2D eigenvalue weighted by Gasteiger charge is 2.21. The summed E-state index contributed by atoms with van der Waals surface area (Å²) >= 11 is 0. The van der Waals surface area contributed by atoms with Crippen LogP contribution in [0.3, 0.4) is 0 Å². The van der Waals surface area contributed by atoms with Crippen molar-refractivity contribution in [2.45, 2.75) is 26.3 Å². The molecule has 15 heavy (non-hydrogen) atoms. The molecule has 0 radical (unpaired) electrons. The van der Waals surface area contributed by atoms with Crippen LogP contribution in [-0.4, -0.2) is 13.1 Å². The Kier molecular flexibility index (Phi) is 2.96. The molecule has 82 valence electrons. The topological polar surface area (TPSA) is 29.3 Å². The van der Waals surface area contributed by atoms with Gasteiger partial charge in [-0.15, -0.1) is 0 Å². The maximum Gasteiger partial charge on any atom is 0.0414 e. The van der Waals surface area contributed by atoms with Gasteiger partial charge < -0.3 is 10.6 Å². The lowest BCUT2D eigenvalue weighted by Crippen LogP contribution is -2.22. The van der Waals surface area contributed by atoms with Crippen molar-refractivity contribution in [1.82, 2.24) is 0 Å². The fraction of sp³-hybridized carbons (Fsp3) is 0.538. The van der Waals surface area contributed by atoms with Crippen LogP contribution in [0, 0.1) is 5.92 Å². The van der Waals surface area contributed by atoms with E-state index >= 15 is 0 Å². The first-order chi connectivity index (χ1) is 7.18. The van der Waals surface area contributed by atoms with E-state index in [2.05, 4.69) is 43.0 Å². The fourth-order valence-corrected chi connectivity index (χ4v) is 2.31. The van der Waals surface area contributed by atoms with Crippen molar-refractivity contribution in [3.8, 4) is 0 Å². The molecule has 2 atom stereocenters. The third kappa shape index (κ3) is 2.15. The zero-order valence-electron chi connectivity index (χ0n) is 9.61. The first-order valence-electron chi connectivity index (χ1n) is 5.78. The molecule has 2 rings (SSSR count). The average molecular weight is 204 g/mol. The minimum atomic E-state index is 0.122. The number of hydrogen-bond donors (Lipinski definition) is 1. The molecular formula is C13H20N2. The van der Waals surface area contributed by atoms with E-state index < -0.39 is 0 Å². The Balaban J connectivity index is 2.27. The van der Waals surface area contributed by atoms with Crippen molar-refractivity contribution in [3.05, 3.63) is 29.8 Å². The van der Waals surface area contributed by atoms with Gasteiger partial charge in [-0.25, -0.2) is 0 Å². The summed E-state index contributed by atoms with van der Waals surface area (Å²) in [5.74, 6) is 0.811. The number of anilines is 1. The molecule has 1 aromatic rings. The van der Waals surface area contributed by atoms with Crippen molar-refractivity contribution in [1.29, 1.82) is 0 Å². The summed E-state index contributed by atoms with van der Waals surface area (Å²) in [6.45, 7) is 6.71. The second-order valence-corrected chi connectivity index (χ2v) is 4.69. The number of nitrogens with zero attached hydrogens (tertiary/aromatic N) is 1. The SMILES string of the molecule is CC1CCN(c2ccccc2[C@H](C)N)C1. The fourth-order valence-electron chi connectivity index (χ4n) is 2.31. The number of para-hydroxylation sites is 1. The van der Waals surface area contributed by atoms with Crippen LogP contribution in [0.4, 0.5) is 5.69 Å². The molecule has 2 heteroatoms. The second-order valence-electron chi connectivity index (χ2n) is 4.69. The molecule has 0 bridgehead atoms. The highest BCUT2D eigenvalue weighted by atomic mass is 15.2. The second kappa shape index (κ2) is 4.23. The zero-order valence-corrected chi connectivity index (χ0v) is 9.61. The molecule has 0 amide bonds. The normalized spacial score (nSPS) is 23.1. The Morgan fingerprint density at radius 3 is 2.73 bits per heavy atom. The first kappa shape index (κ1) is 10.5. The van der Waals surface area contributed by atoms with E-state index in [4.69, 9.17) is 5.73 Å². The molecule has 1 fully saturated rings. The van der Waals surface area contributed by atoms with Gasteiger partial charge in [0.25, 0.3) is 0 Å². The molecule has 0 aliphatic carbocycles. The lowest BCUT2D eigenvalue weighted by atomic mass is 10.1. The van der Waals surface area contributed by atoms with Crippen LogP contribution in [-0.2, 0) is 0 Å².